The van der Waals surface area contributed by atoms with E-state index in [4.69, 9.17) is 9.47 Å². The summed E-state index contributed by atoms with van der Waals surface area (Å²) in [6, 6.07) is 15.1. The third-order valence-electron chi connectivity index (χ3n) is 5.58. The topological polar surface area (TPSA) is 76.1 Å². The first-order valence-electron chi connectivity index (χ1n) is 9.38. The number of nitrogens with zero attached hydrogens (tertiary/aromatic N) is 1. The van der Waals surface area contributed by atoms with Crippen LogP contribution in [0.4, 0.5) is 4.79 Å². The molecule has 6 heteroatoms. The van der Waals surface area contributed by atoms with Crippen LogP contribution in [0.15, 0.2) is 48.5 Å². The monoisotopic (exact) mass is 381 g/mol. The van der Waals surface area contributed by atoms with Gasteiger partial charge in [0, 0.05) is 12.5 Å². The number of rotatable bonds is 3. The highest BCUT2D eigenvalue weighted by molar-refractivity contribution is 5.82. The lowest BCUT2D eigenvalue weighted by Gasteiger charge is -2.43. The average molecular weight is 381 g/mol. The van der Waals surface area contributed by atoms with Crippen molar-refractivity contribution in [2.75, 3.05) is 19.8 Å². The van der Waals surface area contributed by atoms with Crippen LogP contribution in [0.5, 0.6) is 0 Å². The van der Waals surface area contributed by atoms with Crippen molar-refractivity contribution in [2.24, 2.45) is 0 Å². The number of fused-ring (bicyclic) bond motifs is 3. The first-order valence-corrected chi connectivity index (χ1v) is 9.38. The first-order chi connectivity index (χ1) is 13.4. The maximum atomic E-state index is 12.8. The quantitative estimate of drug-likeness (QED) is 0.881. The summed E-state index contributed by atoms with van der Waals surface area (Å²) in [5.41, 5.74) is 3.56. The molecule has 1 amide bonds. The third-order valence-corrected chi connectivity index (χ3v) is 5.58. The first kappa shape index (κ1) is 18.5. The summed E-state index contributed by atoms with van der Waals surface area (Å²) >= 11 is 0. The molecule has 6 nitrogen and oxygen atoms in total. The molecule has 4 rings (SSSR count). The van der Waals surface area contributed by atoms with Gasteiger partial charge in [0.25, 0.3) is 0 Å². The zero-order valence-corrected chi connectivity index (χ0v) is 15.9. The average Bonchev–Trinajstić information content (AvgIpc) is 2.99. The third kappa shape index (κ3) is 3.03. The Morgan fingerprint density at radius 3 is 2.25 bits per heavy atom. The maximum Gasteiger partial charge on any atom is 0.410 e. The van der Waals surface area contributed by atoms with Gasteiger partial charge in [0.2, 0.25) is 0 Å². The molecule has 2 aliphatic rings. The second-order valence-corrected chi connectivity index (χ2v) is 7.69. The summed E-state index contributed by atoms with van der Waals surface area (Å²) in [6.07, 6.45) is -0.620. The van der Waals surface area contributed by atoms with E-state index in [1.165, 1.54) is 4.90 Å². The van der Waals surface area contributed by atoms with Crippen LogP contribution < -0.4 is 0 Å². The van der Waals surface area contributed by atoms with Gasteiger partial charge in [-0.15, -0.1) is 0 Å². The molecule has 1 fully saturated rings. The number of aliphatic carboxylic acids is 1. The predicted molar refractivity (Wildman–Crippen MR) is 103 cm³/mol. The number of hydrogen-bond acceptors (Lipinski definition) is 4. The van der Waals surface area contributed by atoms with Gasteiger partial charge < -0.3 is 14.6 Å². The summed E-state index contributed by atoms with van der Waals surface area (Å²) in [5, 5.41) is 9.60. The van der Waals surface area contributed by atoms with E-state index in [0.29, 0.717) is 0 Å². The highest BCUT2D eigenvalue weighted by Crippen LogP contribution is 2.44. The molecule has 2 aromatic rings. The number of carbonyl (C=O) groups is 2. The van der Waals surface area contributed by atoms with Gasteiger partial charge in [-0.1, -0.05) is 48.5 Å². The van der Waals surface area contributed by atoms with E-state index in [0.717, 1.165) is 22.3 Å². The molecule has 2 aromatic carbocycles. The molecule has 1 atom stereocenters. The zero-order valence-electron chi connectivity index (χ0n) is 15.9. The highest BCUT2D eigenvalue weighted by atomic mass is 16.6. The molecule has 0 radical (unpaired) electrons. The van der Waals surface area contributed by atoms with Crippen molar-refractivity contribution < 1.29 is 24.2 Å². The Morgan fingerprint density at radius 2 is 1.68 bits per heavy atom. The molecule has 1 N–H and O–H groups in total. The number of carbonyl (C=O) groups excluding carboxylic acids is 1. The van der Waals surface area contributed by atoms with Crippen LogP contribution in [0.1, 0.15) is 30.9 Å². The van der Waals surface area contributed by atoms with E-state index < -0.39 is 23.7 Å². The molecule has 0 bridgehead atoms. The lowest BCUT2D eigenvalue weighted by Crippen LogP contribution is -2.62. The van der Waals surface area contributed by atoms with Gasteiger partial charge in [0.05, 0.1) is 12.2 Å². The standard InChI is InChI=1S/C22H23NO5/c1-22(2)19(20(24)25)23(11-12-28-22)21(26)27-13-18-16-9-5-3-7-14(16)15-8-4-6-10-17(15)18/h3-10,18-19H,11-13H2,1-2H3,(H,24,25). The summed E-state index contributed by atoms with van der Waals surface area (Å²) < 4.78 is 11.2. The van der Waals surface area contributed by atoms with Crippen molar-refractivity contribution in [3.8, 4) is 11.1 Å². The number of carboxylic acids is 1. The van der Waals surface area contributed by atoms with Crippen molar-refractivity contribution in [2.45, 2.75) is 31.4 Å². The summed E-state index contributed by atoms with van der Waals surface area (Å²) in [6.45, 7) is 3.98. The van der Waals surface area contributed by atoms with Gasteiger partial charge >= 0.3 is 12.1 Å². The SMILES string of the molecule is CC1(C)OCCN(C(=O)OCC2c3ccccc3-c3ccccc32)C1C(=O)O. The van der Waals surface area contributed by atoms with Crippen LogP contribution in [0, 0.1) is 0 Å². The van der Waals surface area contributed by atoms with Crippen LogP contribution in [0.25, 0.3) is 11.1 Å². The molecule has 146 valence electrons. The molecule has 1 unspecified atom stereocenters. The van der Waals surface area contributed by atoms with Crippen LogP contribution in [-0.2, 0) is 14.3 Å². The van der Waals surface area contributed by atoms with Gasteiger partial charge in [-0.05, 0) is 36.1 Å². The molecule has 1 aliphatic heterocycles. The summed E-state index contributed by atoms with van der Waals surface area (Å²) in [5.74, 6) is -1.16. The molecule has 28 heavy (non-hydrogen) atoms. The Labute approximate surface area is 163 Å². The van der Waals surface area contributed by atoms with E-state index >= 15 is 0 Å². The maximum absolute atomic E-state index is 12.8. The van der Waals surface area contributed by atoms with Crippen LogP contribution in [0.2, 0.25) is 0 Å². The van der Waals surface area contributed by atoms with E-state index in [-0.39, 0.29) is 25.7 Å². The number of amides is 1. The fraction of sp³-hybridized carbons (Fsp3) is 0.364. The summed E-state index contributed by atoms with van der Waals surface area (Å²) in [7, 11) is 0. The molecule has 1 saturated heterocycles. The number of hydrogen-bond donors (Lipinski definition) is 1. The van der Waals surface area contributed by atoms with E-state index in [2.05, 4.69) is 12.1 Å². The Balaban J connectivity index is 1.55. The van der Waals surface area contributed by atoms with Crippen molar-refractivity contribution in [1.82, 2.24) is 4.90 Å². The number of ether oxygens (including phenoxy) is 2. The minimum Gasteiger partial charge on any atom is -0.480 e. The van der Waals surface area contributed by atoms with Crippen LogP contribution in [-0.4, -0.2) is 53.5 Å². The molecular formula is C22H23NO5. The Hall–Kier alpha value is -2.86. The van der Waals surface area contributed by atoms with E-state index in [9.17, 15) is 14.7 Å². The number of carboxylic acid groups (broad SMARTS) is 1. The fourth-order valence-corrected chi connectivity index (χ4v) is 4.29. The van der Waals surface area contributed by atoms with Gasteiger partial charge in [0.15, 0.2) is 6.04 Å². The van der Waals surface area contributed by atoms with Gasteiger partial charge in [0.1, 0.15) is 6.61 Å². The minimum atomic E-state index is -1.10. The predicted octanol–water partition coefficient (Wildman–Crippen LogP) is 3.50. The van der Waals surface area contributed by atoms with Crippen LogP contribution >= 0.6 is 0 Å². The second kappa shape index (κ2) is 6.95. The van der Waals surface area contributed by atoms with Crippen molar-refractivity contribution in [3.63, 3.8) is 0 Å². The Kier molecular flexibility index (Phi) is 4.59. The van der Waals surface area contributed by atoms with Gasteiger partial charge in [-0.3, -0.25) is 4.90 Å². The lowest BCUT2D eigenvalue weighted by molar-refractivity contribution is -0.167. The second-order valence-electron chi connectivity index (χ2n) is 7.69. The van der Waals surface area contributed by atoms with E-state index in [1.54, 1.807) is 13.8 Å². The van der Waals surface area contributed by atoms with Crippen molar-refractivity contribution in [1.29, 1.82) is 0 Å². The Morgan fingerprint density at radius 1 is 1.11 bits per heavy atom. The van der Waals surface area contributed by atoms with Crippen molar-refractivity contribution >= 4 is 12.1 Å². The smallest absolute Gasteiger partial charge is 0.410 e. The molecule has 1 heterocycles. The molecule has 0 aromatic heterocycles. The lowest BCUT2D eigenvalue weighted by atomic mass is 9.95. The zero-order chi connectivity index (χ0) is 19.9. The normalized spacial score (nSPS) is 20.4. The summed E-state index contributed by atoms with van der Waals surface area (Å²) in [4.78, 5) is 25.8. The van der Waals surface area contributed by atoms with Crippen molar-refractivity contribution in [3.05, 3.63) is 59.7 Å². The highest BCUT2D eigenvalue weighted by Gasteiger charge is 2.46. The fourth-order valence-electron chi connectivity index (χ4n) is 4.29. The number of morpholine rings is 1. The van der Waals surface area contributed by atoms with Crippen LogP contribution in [0.3, 0.4) is 0 Å². The largest absolute Gasteiger partial charge is 0.480 e. The number of benzene rings is 2. The molecule has 1 aliphatic carbocycles. The Bertz CT molecular complexity index is 877. The van der Waals surface area contributed by atoms with E-state index in [1.807, 2.05) is 36.4 Å². The molecule has 0 spiro atoms. The van der Waals surface area contributed by atoms with Gasteiger partial charge in [-0.25, -0.2) is 9.59 Å². The minimum absolute atomic E-state index is 0.0614. The molecular weight excluding hydrogens is 358 g/mol. The molecule has 0 saturated carbocycles. The van der Waals surface area contributed by atoms with Gasteiger partial charge in [-0.2, -0.15) is 0 Å².